The summed E-state index contributed by atoms with van der Waals surface area (Å²) in [7, 11) is -3.32. The third-order valence-electron chi connectivity index (χ3n) is 4.36. The van der Waals surface area contributed by atoms with Gasteiger partial charge in [-0.1, -0.05) is 0 Å². The predicted octanol–water partition coefficient (Wildman–Crippen LogP) is 3.83. The van der Waals surface area contributed by atoms with Crippen LogP contribution in [0.1, 0.15) is 31.1 Å². The number of carbonyl (C=O) groups excluding carboxylic acids is 1. The summed E-state index contributed by atoms with van der Waals surface area (Å²) in [6.45, 7) is 6.29. The molecule has 6 nitrogen and oxygen atoms in total. The van der Waals surface area contributed by atoms with E-state index in [-0.39, 0.29) is 17.8 Å². The highest BCUT2D eigenvalue weighted by Gasteiger charge is 2.32. The molecule has 0 aliphatic carbocycles. The summed E-state index contributed by atoms with van der Waals surface area (Å²) in [6.07, 6.45) is 1.59. The van der Waals surface area contributed by atoms with Crippen LogP contribution in [0.5, 0.6) is 11.5 Å². The summed E-state index contributed by atoms with van der Waals surface area (Å²) in [4.78, 5) is 14.8. The minimum absolute atomic E-state index is 0.0331. The first-order valence-corrected chi connectivity index (χ1v) is 11.2. The number of carbonyl (C=O) groups is 1. The highest BCUT2D eigenvalue weighted by molar-refractivity contribution is 7.94. The Morgan fingerprint density at radius 3 is 2.21 bits per heavy atom. The van der Waals surface area contributed by atoms with Gasteiger partial charge < -0.3 is 14.4 Å². The van der Waals surface area contributed by atoms with Crippen LogP contribution in [-0.4, -0.2) is 38.8 Å². The van der Waals surface area contributed by atoms with E-state index in [0.29, 0.717) is 29.4 Å². The van der Waals surface area contributed by atoms with E-state index in [9.17, 15) is 13.2 Å². The van der Waals surface area contributed by atoms with Gasteiger partial charge in [0.15, 0.2) is 9.84 Å². The lowest BCUT2D eigenvalue weighted by atomic mass is 10.1. The van der Waals surface area contributed by atoms with Crippen molar-refractivity contribution in [1.29, 1.82) is 0 Å². The molecule has 1 amide bonds. The van der Waals surface area contributed by atoms with Gasteiger partial charge in [0.05, 0.1) is 24.5 Å². The van der Waals surface area contributed by atoms with Crippen molar-refractivity contribution >= 4 is 21.4 Å². The van der Waals surface area contributed by atoms with Crippen LogP contribution in [-0.2, 0) is 9.84 Å². The van der Waals surface area contributed by atoms with E-state index in [0.717, 1.165) is 0 Å². The maximum atomic E-state index is 13.3. The number of hydrogen-bond acceptors (Lipinski definition) is 5. The zero-order valence-corrected chi connectivity index (χ0v) is 17.6. The molecule has 0 saturated heterocycles. The van der Waals surface area contributed by atoms with Gasteiger partial charge in [-0.25, -0.2) is 8.42 Å². The largest absolute Gasteiger partial charge is 0.494 e. The molecule has 7 heteroatoms. The number of ether oxygens (including phenoxy) is 2. The standard InChI is InChI=1S/C22H25NO5S/c1-4-27-20-11-7-18(8-12-20)23(19-13-14-29(25,26)15-19)22(24)17-5-9-21(10-6-17)28-16(2)3/h5-14,16,19H,4,15H2,1-3H3/t19-/m1/s1. The van der Waals surface area contributed by atoms with Crippen molar-refractivity contribution < 1.29 is 22.7 Å². The number of amides is 1. The quantitative estimate of drug-likeness (QED) is 0.687. The zero-order chi connectivity index (χ0) is 21.0. The topological polar surface area (TPSA) is 72.9 Å². The molecule has 1 aliphatic rings. The fourth-order valence-corrected chi connectivity index (χ4v) is 4.40. The van der Waals surface area contributed by atoms with Crippen molar-refractivity contribution in [3.05, 3.63) is 65.6 Å². The second-order valence-electron chi connectivity index (χ2n) is 7.02. The van der Waals surface area contributed by atoms with Crippen LogP contribution in [0.2, 0.25) is 0 Å². The van der Waals surface area contributed by atoms with Crippen LogP contribution in [0, 0.1) is 0 Å². The average molecular weight is 416 g/mol. The van der Waals surface area contributed by atoms with Gasteiger partial charge in [-0.2, -0.15) is 0 Å². The first-order valence-electron chi connectivity index (χ1n) is 9.53. The number of rotatable bonds is 7. The van der Waals surface area contributed by atoms with Crippen molar-refractivity contribution in [2.45, 2.75) is 32.9 Å². The number of sulfone groups is 1. The summed E-state index contributed by atoms with van der Waals surface area (Å²) >= 11 is 0. The molecule has 0 unspecified atom stereocenters. The minimum atomic E-state index is -3.32. The highest BCUT2D eigenvalue weighted by Crippen LogP contribution is 2.27. The maximum absolute atomic E-state index is 13.3. The third kappa shape index (κ3) is 5.17. The molecule has 2 aromatic carbocycles. The van der Waals surface area contributed by atoms with E-state index in [2.05, 4.69) is 0 Å². The molecule has 29 heavy (non-hydrogen) atoms. The van der Waals surface area contributed by atoms with Crippen LogP contribution in [0.25, 0.3) is 0 Å². The molecule has 1 heterocycles. The number of nitrogens with zero attached hydrogens (tertiary/aromatic N) is 1. The lowest BCUT2D eigenvalue weighted by molar-refractivity contribution is 0.0983. The van der Waals surface area contributed by atoms with Crippen molar-refractivity contribution in [2.24, 2.45) is 0 Å². The van der Waals surface area contributed by atoms with Gasteiger partial charge in [0, 0.05) is 16.7 Å². The second-order valence-corrected chi connectivity index (χ2v) is 8.95. The van der Waals surface area contributed by atoms with Crippen LogP contribution < -0.4 is 14.4 Å². The third-order valence-corrected chi connectivity index (χ3v) is 5.74. The SMILES string of the molecule is CCOc1ccc(N(C(=O)c2ccc(OC(C)C)cc2)[C@@H]2C=CS(=O)(=O)C2)cc1. The van der Waals surface area contributed by atoms with Gasteiger partial charge in [-0.15, -0.1) is 0 Å². The molecule has 0 aromatic heterocycles. The summed E-state index contributed by atoms with van der Waals surface area (Å²) in [5.41, 5.74) is 1.06. The summed E-state index contributed by atoms with van der Waals surface area (Å²) in [5, 5.41) is 1.17. The van der Waals surface area contributed by atoms with Crippen LogP contribution in [0.15, 0.2) is 60.0 Å². The lowest BCUT2D eigenvalue weighted by Gasteiger charge is -2.28. The second kappa shape index (κ2) is 8.69. The normalized spacial score (nSPS) is 17.3. The molecule has 0 bridgehead atoms. The fraction of sp³-hybridized carbons (Fsp3) is 0.318. The Bertz CT molecular complexity index is 979. The van der Waals surface area contributed by atoms with Crippen LogP contribution in [0.4, 0.5) is 5.69 Å². The van der Waals surface area contributed by atoms with E-state index in [1.807, 2.05) is 20.8 Å². The molecule has 0 fully saturated rings. The molecule has 0 radical (unpaired) electrons. The molecule has 0 spiro atoms. The summed E-state index contributed by atoms with van der Waals surface area (Å²) in [5.74, 6) is 0.943. The van der Waals surface area contributed by atoms with Gasteiger partial charge in [-0.05, 0) is 75.4 Å². The zero-order valence-electron chi connectivity index (χ0n) is 16.7. The van der Waals surface area contributed by atoms with E-state index < -0.39 is 15.9 Å². The fourth-order valence-electron chi connectivity index (χ4n) is 3.14. The van der Waals surface area contributed by atoms with Gasteiger partial charge in [0.25, 0.3) is 5.91 Å². The molecule has 0 saturated carbocycles. The summed E-state index contributed by atoms with van der Waals surface area (Å²) in [6, 6.07) is 13.4. The Kier molecular flexibility index (Phi) is 6.27. The molecular formula is C22H25NO5S. The highest BCUT2D eigenvalue weighted by atomic mass is 32.2. The average Bonchev–Trinajstić information content (AvgIpc) is 3.03. The molecular weight excluding hydrogens is 390 g/mol. The van der Waals surface area contributed by atoms with Gasteiger partial charge in [0.1, 0.15) is 11.5 Å². The molecule has 0 N–H and O–H groups in total. The van der Waals surface area contributed by atoms with E-state index in [1.54, 1.807) is 54.6 Å². The van der Waals surface area contributed by atoms with E-state index in [4.69, 9.17) is 9.47 Å². The lowest BCUT2D eigenvalue weighted by Crippen LogP contribution is -2.41. The number of anilines is 1. The number of benzene rings is 2. The van der Waals surface area contributed by atoms with Crippen molar-refractivity contribution in [2.75, 3.05) is 17.3 Å². The van der Waals surface area contributed by atoms with Gasteiger partial charge in [0.2, 0.25) is 0 Å². The van der Waals surface area contributed by atoms with Crippen LogP contribution >= 0.6 is 0 Å². The minimum Gasteiger partial charge on any atom is -0.494 e. The van der Waals surface area contributed by atoms with Gasteiger partial charge in [-0.3, -0.25) is 4.79 Å². The number of hydrogen-bond donors (Lipinski definition) is 0. The van der Waals surface area contributed by atoms with E-state index in [1.165, 1.54) is 10.3 Å². The van der Waals surface area contributed by atoms with E-state index >= 15 is 0 Å². The Balaban J connectivity index is 1.92. The molecule has 2 aromatic rings. The Hall–Kier alpha value is -2.80. The Morgan fingerprint density at radius 2 is 1.69 bits per heavy atom. The van der Waals surface area contributed by atoms with Crippen molar-refractivity contribution in [3.8, 4) is 11.5 Å². The molecule has 3 rings (SSSR count). The summed E-state index contributed by atoms with van der Waals surface area (Å²) < 4.78 is 35.0. The smallest absolute Gasteiger partial charge is 0.258 e. The molecule has 1 atom stereocenters. The Morgan fingerprint density at radius 1 is 1.07 bits per heavy atom. The molecule has 1 aliphatic heterocycles. The predicted molar refractivity (Wildman–Crippen MR) is 113 cm³/mol. The van der Waals surface area contributed by atoms with Gasteiger partial charge >= 0.3 is 0 Å². The first-order chi connectivity index (χ1) is 13.8. The Labute approximate surface area is 171 Å². The van der Waals surface area contributed by atoms with Crippen molar-refractivity contribution in [1.82, 2.24) is 0 Å². The van der Waals surface area contributed by atoms with Crippen molar-refractivity contribution in [3.63, 3.8) is 0 Å². The maximum Gasteiger partial charge on any atom is 0.258 e. The molecule has 154 valence electrons. The monoisotopic (exact) mass is 415 g/mol. The van der Waals surface area contributed by atoms with Crippen LogP contribution in [0.3, 0.4) is 0 Å². The first kappa shape index (κ1) is 20.9.